The van der Waals surface area contributed by atoms with Crippen LogP contribution in [-0.4, -0.2) is 65.7 Å². The fraction of sp³-hybridized carbons (Fsp3) is 0.875. The van der Waals surface area contributed by atoms with Crippen LogP contribution in [0, 0.1) is 0 Å². The van der Waals surface area contributed by atoms with E-state index < -0.39 is 0 Å². The first-order valence-corrected chi connectivity index (χ1v) is 8.23. The van der Waals surface area contributed by atoms with Gasteiger partial charge in [-0.3, -0.25) is 4.79 Å². The highest BCUT2D eigenvalue weighted by Gasteiger charge is 2.44. The summed E-state index contributed by atoms with van der Waals surface area (Å²) in [4.78, 5) is 28.8. The van der Waals surface area contributed by atoms with E-state index in [0.29, 0.717) is 39.3 Å². The number of hydrogen-bond donors (Lipinski definition) is 1. The summed E-state index contributed by atoms with van der Waals surface area (Å²) in [6.07, 6.45) is 1.99. The average molecular weight is 311 g/mol. The zero-order chi connectivity index (χ0) is 16.4. The molecule has 126 valence electrons. The summed E-state index contributed by atoms with van der Waals surface area (Å²) >= 11 is 0. The Kier molecular flexibility index (Phi) is 5.00. The Labute approximate surface area is 133 Å². The van der Waals surface area contributed by atoms with Crippen LogP contribution >= 0.6 is 0 Å². The molecule has 2 aliphatic heterocycles. The highest BCUT2D eigenvalue weighted by atomic mass is 16.5. The van der Waals surface area contributed by atoms with Crippen LogP contribution in [-0.2, 0) is 9.53 Å². The predicted molar refractivity (Wildman–Crippen MR) is 84.6 cm³/mol. The van der Waals surface area contributed by atoms with Gasteiger partial charge < -0.3 is 19.9 Å². The molecule has 0 atom stereocenters. The maximum absolute atomic E-state index is 12.5. The molecule has 2 heterocycles. The number of nitrogens with zero attached hydrogens (tertiary/aromatic N) is 2. The van der Waals surface area contributed by atoms with Gasteiger partial charge in [0.15, 0.2) is 0 Å². The first-order valence-electron chi connectivity index (χ1n) is 8.23. The van der Waals surface area contributed by atoms with E-state index in [4.69, 9.17) is 4.74 Å². The van der Waals surface area contributed by atoms with Crippen molar-refractivity contribution >= 4 is 11.9 Å². The van der Waals surface area contributed by atoms with E-state index in [0.717, 1.165) is 12.8 Å². The van der Waals surface area contributed by atoms with Gasteiger partial charge in [0.25, 0.3) is 0 Å². The minimum atomic E-state index is -0.277. The number of carbonyl (C=O) groups excluding carboxylic acids is 2. The lowest BCUT2D eigenvalue weighted by atomic mass is 9.87. The standard InChI is InChI=1S/C16H29N3O3/c1-5-19-13(20)6-9-18(14(21)17-15(2,3)4)12-16(19)7-10-22-11-8-16/h5-12H2,1-4H3,(H,17,21). The van der Waals surface area contributed by atoms with Crippen molar-refractivity contribution in [3.05, 3.63) is 0 Å². The second kappa shape index (κ2) is 6.44. The summed E-state index contributed by atoms with van der Waals surface area (Å²) in [5, 5.41) is 3.01. The highest BCUT2D eigenvalue weighted by Crippen LogP contribution is 2.32. The zero-order valence-electron chi connectivity index (χ0n) is 14.3. The van der Waals surface area contributed by atoms with Crippen LogP contribution in [0.2, 0.25) is 0 Å². The number of amides is 3. The van der Waals surface area contributed by atoms with Crippen LogP contribution in [0.25, 0.3) is 0 Å². The normalized spacial score (nSPS) is 22.6. The topological polar surface area (TPSA) is 61.9 Å². The summed E-state index contributed by atoms with van der Waals surface area (Å²) in [7, 11) is 0. The molecule has 0 aromatic rings. The monoisotopic (exact) mass is 311 g/mol. The quantitative estimate of drug-likeness (QED) is 0.800. The Morgan fingerprint density at radius 1 is 1.32 bits per heavy atom. The SMILES string of the molecule is CCN1C(=O)CCN(C(=O)NC(C)(C)C)CC12CCOCC2. The van der Waals surface area contributed by atoms with Crippen LogP contribution < -0.4 is 5.32 Å². The van der Waals surface area contributed by atoms with Crippen molar-refractivity contribution in [2.75, 3.05) is 32.8 Å². The first-order chi connectivity index (χ1) is 10.3. The molecule has 0 aliphatic carbocycles. The summed E-state index contributed by atoms with van der Waals surface area (Å²) in [5.41, 5.74) is -0.545. The zero-order valence-corrected chi connectivity index (χ0v) is 14.3. The van der Waals surface area contributed by atoms with Gasteiger partial charge in [-0.15, -0.1) is 0 Å². The lowest BCUT2D eigenvalue weighted by Gasteiger charge is -2.46. The van der Waals surface area contributed by atoms with E-state index >= 15 is 0 Å². The molecule has 0 bridgehead atoms. The second-order valence-corrected chi connectivity index (χ2v) is 7.33. The molecule has 2 saturated heterocycles. The van der Waals surface area contributed by atoms with Gasteiger partial charge in [-0.1, -0.05) is 0 Å². The molecule has 2 fully saturated rings. The molecule has 0 saturated carbocycles. The summed E-state index contributed by atoms with van der Waals surface area (Å²) in [5.74, 6) is 0.149. The van der Waals surface area contributed by atoms with E-state index in [1.165, 1.54) is 0 Å². The van der Waals surface area contributed by atoms with Gasteiger partial charge in [0.1, 0.15) is 0 Å². The van der Waals surface area contributed by atoms with E-state index in [9.17, 15) is 9.59 Å². The molecule has 1 N–H and O–H groups in total. The molecule has 0 aromatic heterocycles. The fourth-order valence-electron chi connectivity index (χ4n) is 3.41. The fourth-order valence-corrected chi connectivity index (χ4v) is 3.41. The largest absolute Gasteiger partial charge is 0.381 e. The van der Waals surface area contributed by atoms with E-state index in [-0.39, 0.29) is 23.0 Å². The van der Waals surface area contributed by atoms with Gasteiger partial charge in [-0.05, 0) is 40.5 Å². The van der Waals surface area contributed by atoms with E-state index in [1.807, 2.05) is 37.5 Å². The maximum atomic E-state index is 12.5. The molecule has 1 spiro atoms. The molecule has 0 aromatic carbocycles. The van der Waals surface area contributed by atoms with Crippen LogP contribution in [0.3, 0.4) is 0 Å². The Morgan fingerprint density at radius 2 is 1.95 bits per heavy atom. The molecule has 2 aliphatic rings. The predicted octanol–water partition coefficient (Wildman–Crippen LogP) is 1.60. The lowest BCUT2D eigenvalue weighted by Crippen LogP contribution is -2.60. The molecular weight excluding hydrogens is 282 g/mol. The van der Waals surface area contributed by atoms with Gasteiger partial charge in [0.05, 0.1) is 5.54 Å². The molecule has 6 heteroatoms. The Morgan fingerprint density at radius 3 is 2.50 bits per heavy atom. The summed E-state index contributed by atoms with van der Waals surface area (Å²) < 4.78 is 5.49. The number of rotatable bonds is 1. The number of nitrogens with one attached hydrogen (secondary N) is 1. The Hall–Kier alpha value is -1.30. The maximum Gasteiger partial charge on any atom is 0.317 e. The van der Waals surface area contributed by atoms with Gasteiger partial charge >= 0.3 is 6.03 Å². The number of carbonyl (C=O) groups is 2. The number of likely N-dealkylation sites (N-methyl/N-ethyl adjacent to an activating group) is 1. The van der Waals surface area contributed by atoms with Crippen molar-refractivity contribution in [3.8, 4) is 0 Å². The van der Waals surface area contributed by atoms with E-state index in [1.54, 1.807) is 0 Å². The van der Waals surface area contributed by atoms with Gasteiger partial charge in [0, 0.05) is 44.8 Å². The molecule has 0 radical (unpaired) electrons. The average Bonchev–Trinajstić information content (AvgIpc) is 2.55. The minimum Gasteiger partial charge on any atom is -0.381 e. The molecule has 3 amide bonds. The van der Waals surface area contributed by atoms with Crippen molar-refractivity contribution in [3.63, 3.8) is 0 Å². The number of hydrogen-bond acceptors (Lipinski definition) is 3. The number of urea groups is 1. The van der Waals surface area contributed by atoms with Crippen molar-refractivity contribution in [2.24, 2.45) is 0 Å². The highest BCUT2D eigenvalue weighted by molar-refractivity contribution is 5.80. The minimum absolute atomic E-state index is 0.0795. The first kappa shape index (κ1) is 17.1. The third kappa shape index (κ3) is 3.72. The van der Waals surface area contributed by atoms with Crippen LogP contribution in [0.1, 0.15) is 47.0 Å². The molecule has 22 heavy (non-hydrogen) atoms. The summed E-state index contributed by atoms with van der Waals surface area (Å²) in [6.45, 7) is 11.0. The van der Waals surface area contributed by atoms with Crippen molar-refractivity contribution < 1.29 is 14.3 Å². The van der Waals surface area contributed by atoms with Crippen LogP contribution in [0.5, 0.6) is 0 Å². The molecular formula is C16H29N3O3. The van der Waals surface area contributed by atoms with Crippen molar-refractivity contribution in [1.29, 1.82) is 0 Å². The van der Waals surface area contributed by atoms with Gasteiger partial charge in [-0.2, -0.15) is 0 Å². The number of ether oxygens (including phenoxy) is 1. The molecule has 2 rings (SSSR count). The molecule has 6 nitrogen and oxygen atoms in total. The van der Waals surface area contributed by atoms with E-state index in [2.05, 4.69) is 5.32 Å². The third-order valence-electron chi connectivity index (χ3n) is 4.46. The van der Waals surface area contributed by atoms with Crippen molar-refractivity contribution in [1.82, 2.24) is 15.1 Å². The van der Waals surface area contributed by atoms with Crippen molar-refractivity contribution in [2.45, 2.75) is 58.0 Å². The molecule has 0 unspecified atom stereocenters. The van der Waals surface area contributed by atoms with Gasteiger partial charge in [-0.25, -0.2) is 4.79 Å². The smallest absolute Gasteiger partial charge is 0.317 e. The van der Waals surface area contributed by atoms with Gasteiger partial charge in [0.2, 0.25) is 5.91 Å². The lowest BCUT2D eigenvalue weighted by molar-refractivity contribution is -0.139. The Balaban J connectivity index is 2.21. The van der Waals surface area contributed by atoms with Crippen LogP contribution in [0.4, 0.5) is 4.79 Å². The third-order valence-corrected chi connectivity index (χ3v) is 4.46. The Bertz CT molecular complexity index is 425. The summed E-state index contributed by atoms with van der Waals surface area (Å²) in [6, 6.07) is -0.0795. The van der Waals surface area contributed by atoms with Crippen LogP contribution in [0.15, 0.2) is 0 Å². The second-order valence-electron chi connectivity index (χ2n) is 7.33.